The molecule has 0 aliphatic rings. The highest BCUT2D eigenvalue weighted by Gasteiger charge is 2.16. The van der Waals surface area contributed by atoms with Crippen molar-refractivity contribution in [2.75, 3.05) is 19.8 Å². The Labute approximate surface area is 90.5 Å². The summed E-state index contributed by atoms with van der Waals surface area (Å²) in [4.78, 5) is 11.1. The molecule has 0 aliphatic heterocycles. The first-order valence-corrected chi connectivity index (χ1v) is 5.05. The van der Waals surface area contributed by atoms with Crippen LogP contribution in [0, 0.1) is 0 Å². The third-order valence-electron chi connectivity index (χ3n) is 1.57. The minimum absolute atomic E-state index is 0.151. The van der Waals surface area contributed by atoms with Gasteiger partial charge in [-0.2, -0.15) is 0 Å². The summed E-state index contributed by atoms with van der Waals surface area (Å²) < 4.78 is 10.1. The third-order valence-corrected chi connectivity index (χ3v) is 1.57. The second-order valence-corrected chi connectivity index (χ2v) is 4.22. The van der Waals surface area contributed by atoms with Crippen molar-refractivity contribution >= 4 is 5.97 Å². The van der Waals surface area contributed by atoms with Gasteiger partial charge < -0.3 is 20.3 Å². The molecule has 0 amide bonds. The molecule has 0 saturated carbocycles. The fraction of sp³-hybridized carbons (Fsp3) is 0.900. The zero-order valence-corrected chi connectivity index (χ0v) is 9.66. The number of aliphatic hydroxyl groups excluding tert-OH is 1. The van der Waals surface area contributed by atoms with Crippen LogP contribution in [0.3, 0.4) is 0 Å². The predicted octanol–water partition coefficient (Wildman–Crippen LogP) is 0.0544. The maximum atomic E-state index is 11.1. The maximum Gasteiger partial charge on any atom is 0.335 e. The first-order valence-electron chi connectivity index (χ1n) is 5.05. The van der Waals surface area contributed by atoms with Crippen LogP contribution in [0.25, 0.3) is 0 Å². The second-order valence-electron chi connectivity index (χ2n) is 4.22. The fourth-order valence-electron chi connectivity index (χ4n) is 0.862. The highest BCUT2D eigenvalue weighted by Crippen LogP contribution is 2.05. The standard InChI is InChI=1S/C10H21NO4/c1-10(2,3)15-7-6-14-9(13)8(12)4-5-11/h8,12H,4-7,11H2,1-3H3. The maximum absolute atomic E-state index is 11.1. The molecule has 5 heteroatoms. The molecule has 0 aromatic carbocycles. The molecule has 90 valence electrons. The van der Waals surface area contributed by atoms with Gasteiger partial charge in [0, 0.05) is 0 Å². The van der Waals surface area contributed by atoms with Gasteiger partial charge in [-0.15, -0.1) is 0 Å². The molecule has 1 unspecified atom stereocenters. The van der Waals surface area contributed by atoms with Crippen molar-refractivity contribution < 1.29 is 19.4 Å². The first-order chi connectivity index (χ1) is 6.87. The molecule has 15 heavy (non-hydrogen) atoms. The van der Waals surface area contributed by atoms with E-state index in [2.05, 4.69) is 0 Å². The zero-order valence-electron chi connectivity index (χ0n) is 9.66. The average Bonchev–Trinajstić information content (AvgIpc) is 2.11. The largest absolute Gasteiger partial charge is 0.461 e. The monoisotopic (exact) mass is 219 g/mol. The van der Waals surface area contributed by atoms with Gasteiger partial charge in [0.2, 0.25) is 0 Å². The summed E-state index contributed by atoms with van der Waals surface area (Å²) in [5.74, 6) is -0.641. The summed E-state index contributed by atoms with van der Waals surface area (Å²) in [5.41, 5.74) is 4.94. The number of nitrogens with two attached hydrogens (primary N) is 1. The van der Waals surface area contributed by atoms with Crippen LogP contribution in [-0.2, 0) is 14.3 Å². The minimum atomic E-state index is -1.12. The lowest BCUT2D eigenvalue weighted by atomic mass is 10.2. The van der Waals surface area contributed by atoms with Gasteiger partial charge in [-0.3, -0.25) is 0 Å². The molecule has 0 saturated heterocycles. The topological polar surface area (TPSA) is 81.8 Å². The number of carbonyl (C=O) groups is 1. The zero-order chi connectivity index (χ0) is 11.9. The molecular formula is C10H21NO4. The van der Waals surface area contributed by atoms with Gasteiger partial charge in [-0.25, -0.2) is 4.79 Å². The Morgan fingerprint density at radius 1 is 1.40 bits per heavy atom. The number of aliphatic hydroxyl groups is 1. The lowest BCUT2D eigenvalue weighted by Gasteiger charge is -2.19. The first kappa shape index (κ1) is 14.3. The van der Waals surface area contributed by atoms with E-state index in [0.717, 1.165) is 0 Å². The van der Waals surface area contributed by atoms with E-state index in [1.54, 1.807) is 0 Å². The van der Waals surface area contributed by atoms with Crippen molar-refractivity contribution in [1.82, 2.24) is 0 Å². The smallest absolute Gasteiger partial charge is 0.335 e. The highest BCUT2D eigenvalue weighted by molar-refractivity contribution is 5.74. The van der Waals surface area contributed by atoms with Crippen molar-refractivity contribution in [3.63, 3.8) is 0 Å². The van der Waals surface area contributed by atoms with Crippen LogP contribution in [0.15, 0.2) is 0 Å². The number of hydrogen-bond acceptors (Lipinski definition) is 5. The third kappa shape index (κ3) is 8.35. The van der Waals surface area contributed by atoms with E-state index in [9.17, 15) is 9.90 Å². The van der Waals surface area contributed by atoms with Gasteiger partial charge >= 0.3 is 5.97 Å². The summed E-state index contributed by atoms with van der Waals surface area (Å²) in [6.07, 6.45) is -0.900. The Morgan fingerprint density at radius 2 is 2.00 bits per heavy atom. The van der Waals surface area contributed by atoms with Crippen LogP contribution < -0.4 is 5.73 Å². The Morgan fingerprint density at radius 3 is 2.47 bits per heavy atom. The van der Waals surface area contributed by atoms with E-state index in [1.165, 1.54) is 0 Å². The van der Waals surface area contributed by atoms with E-state index >= 15 is 0 Å². The quantitative estimate of drug-likeness (QED) is 0.487. The summed E-state index contributed by atoms with van der Waals surface area (Å²) in [7, 11) is 0. The van der Waals surface area contributed by atoms with Crippen LogP contribution in [0.1, 0.15) is 27.2 Å². The molecule has 1 atom stereocenters. The molecule has 0 aromatic rings. The highest BCUT2D eigenvalue weighted by atomic mass is 16.6. The molecule has 0 spiro atoms. The minimum Gasteiger partial charge on any atom is -0.461 e. The van der Waals surface area contributed by atoms with Crippen molar-refractivity contribution in [3.8, 4) is 0 Å². The molecular weight excluding hydrogens is 198 g/mol. The molecule has 3 N–H and O–H groups in total. The van der Waals surface area contributed by atoms with Gasteiger partial charge in [0.25, 0.3) is 0 Å². The van der Waals surface area contributed by atoms with Crippen molar-refractivity contribution in [2.24, 2.45) is 5.73 Å². The number of esters is 1. The average molecular weight is 219 g/mol. The van der Waals surface area contributed by atoms with Crippen molar-refractivity contribution in [3.05, 3.63) is 0 Å². The van der Waals surface area contributed by atoms with Gasteiger partial charge in [0.05, 0.1) is 12.2 Å². The summed E-state index contributed by atoms with van der Waals surface area (Å²) in [5, 5.41) is 9.18. The second kappa shape index (κ2) is 6.76. The predicted molar refractivity (Wildman–Crippen MR) is 56.3 cm³/mol. The van der Waals surface area contributed by atoms with Gasteiger partial charge in [0.15, 0.2) is 6.10 Å². The normalized spacial score (nSPS) is 13.7. The van der Waals surface area contributed by atoms with E-state index in [1.807, 2.05) is 20.8 Å². The van der Waals surface area contributed by atoms with E-state index in [-0.39, 0.29) is 25.2 Å². The van der Waals surface area contributed by atoms with E-state index in [0.29, 0.717) is 6.61 Å². The number of rotatable bonds is 6. The molecule has 0 aromatic heterocycles. The molecule has 0 heterocycles. The Kier molecular flexibility index (Phi) is 6.47. The van der Waals surface area contributed by atoms with Gasteiger partial charge in [-0.05, 0) is 33.7 Å². The Hall–Kier alpha value is -0.650. The SMILES string of the molecule is CC(C)(C)OCCOC(=O)C(O)CCN. The lowest BCUT2D eigenvalue weighted by Crippen LogP contribution is -2.28. The molecule has 0 radical (unpaired) electrons. The number of hydrogen-bond donors (Lipinski definition) is 2. The molecule has 0 aliphatic carbocycles. The van der Waals surface area contributed by atoms with Crippen LogP contribution in [-0.4, -0.2) is 42.5 Å². The molecule has 0 rings (SSSR count). The van der Waals surface area contributed by atoms with Gasteiger partial charge in [-0.1, -0.05) is 0 Å². The fourth-order valence-corrected chi connectivity index (χ4v) is 0.862. The van der Waals surface area contributed by atoms with Crippen LogP contribution in [0.2, 0.25) is 0 Å². The number of carbonyl (C=O) groups excluding carboxylic acids is 1. The van der Waals surface area contributed by atoms with E-state index in [4.69, 9.17) is 15.2 Å². The number of ether oxygens (including phenoxy) is 2. The molecule has 5 nitrogen and oxygen atoms in total. The van der Waals surface area contributed by atoms with Crippen LogP contribution >= 0.6 is 0 Å². The van der Waals surface area contributed by atoms with Crippen molar-refractivity contribution in [1.29, 1.82) is 0 Å². The molecule has 0 bridgehead atoms. The van der Waals surface area contributed by atoms with Crippen LogP contribution in [0.4, 0.5) is 0 Å². The van der Waals surface area contributed by atoms with Crippen LogP contribution in [0.5, 0.6) is 0 Å². The Bertz CT molecular complexity index is 188. The summed E-state index contributed by atoms with van der Waals surface area (Å²) in [6.45, 7) is 6.48. The summed E-state index contributed by atoms with van der Waals surface area (Å²) in [6, 6.07) is 0. The van der Waals surface area contributed by atoms with Crippen molar-refractivity contribution in [2.45, 2.75) is 38.9 Å². The van der Waals surface area contributed by atoms with Gasteiger partial charge in [0.1, 0.15) is 6.61 Å². The lowest BCUT2D eigenvalue weighted by molar-refractivity contribution is -0.156. The van der Waals surface area contributed by atoms with E-state index < -0.39 is 12.1 Å². The summed E-state index contributed by atoms with van der Waals surface area (Å²) >= 11 is 0. The Balaban J connectivity index is 3.55. The molecule has 0 fully saturated rings.